The van der Waals surface area contributed by atoms with Crippen molar-refractivity contribution in [3.8, 4) is 5.75 Å². The largest absolute Gasteiger partial charge is 0.489 e. The number of hydrogen-bond acceptors (Lipinski definition) is 2. The predicted octanol–water partition coefficient (Wildman–Crippen LogP) is 3.84. The molecule has 0 aliphatic rings. The monoisotopic (exact) mass is 251 g/mol. The lowest BCUT2D eigenvalue weighted by Crippen LogP contribution is -2.18. The van der Waals surface area contributed by atoms with E-state index < -0.39 is 0 Å². The normalized spacial score (nSPS) is 12.2. The Morgan fingerprint density at radius 3 is 2.78 bits per heavy atom. The Morgan fingerprint density at radius 2 is 2.17 bits per heavy atom. The molecule has 1 atom stereocenters. The summed E-state index contributed by atoms with van der Waals surface area (Å²) in [5.41, 5.74) is 1.98. The van der Waals surface area contributed by atoms with Crippen molar-refractivity contribution < 1.29 is 9.13 Å². The van der Waals surface area contributed by atoms with Crippen molar-refractivity contribution in [2.75, 3.05) is 13.2 Å². The molecule has 0 heterocycles. The van der Waals surface area contributed by atoms with Crippen molar-refractivity contribution in [2.45, 2.75) is 33.2 Å². The van der Waals surface area contributed by atoms with Gasteiger partial charge < -0.3 is 10.1 Å². The van der Waals surface area contributed by atoms with E-state index in [1.54, 1.807) is 6.07 Å². The first-order valence-corrected chi connectivity index (χ1v) is 6.40. The molecular formula is C15H22FNO. The van der Waals surface area contributed by atoms with Crippen LogP contribution in [0.1, 0.15) is 38.8 Å². The second kappa shape index (κ2) is 7.17. The van der Waals surface area contributed by atoms with E-state index in [2.05, 4.69) is 11.9 Å². The first kappa shape index (κ1) is 14.7. The van der Waals surface area contributed by atoms with Gasteiger partial charge in [0.2, 0.25) is 0 Å². The van der Waals surface area contributed by atoms with Crippen molar-refractivity contribution in [1.82, 2.24) is 5.32 Å². The number of hydrogen-bond donors (Lipinski definition) is 1. The minimum atomic E-state index is -0.278. The molecule has 1 unspecified atom stereocenters. The molecule has 100 valence electrons. The summed E-state index contributed by atoms with van der Waals surface area (Å²) >= 11 is 0. The maximum absolute atomic E-state index is 13.3. The van der Waals surface area contributed by atoms with Gasteiger partial charge in [-0.3, -0.25) is 0 Å². The molecule has 1 aromatic rings. The Kier molecular flexibility index (Phi) is 5.86. The van der Waals surface area contributed by atoms with Crippen LogP contribution < -0.4 is 10.1 Å². The summed E-state index contributed by atoms with van der Waals surface area (Å²) < 4.78 is 18.9. The lowest BCUT2D eigenvalue weighted by molar-refractivity contribution is 0.339. The van der Waals surface area contributed by atoms with E-state index in [0.717, 1.165) is 24.1 Å². The van der Waals surface area contributed by atoms with Gasteiger partial charge >= 0.3 is 0 Å². The summed E-state index contributed by atoms with van der Waals surface area (Å²) in [4.78, 5) is 0. The highest BCUT2D eigenvalue weighted by Gasteiger charge is 2.12. The topological polar surface area (TPSA) is 21.3 Å². The van der Waals surface area contributed by atoms with Crippen LogP contribution in [0, 0.1) is 5.82 Å². The third kappa shape index (κ3) is 4.15. The molecule has 1 rings (SSSR count). The minimum absolute atomic E-state index is 0.139. The van der Waals surface area contributed by atoms with E-state index in [4.69, 9.17) is 4.74 Å². The standard InChI is InChI=1S/C15H22FNO/c1-5-11(3)10-18-15-9-13(16)7-8-14(15)12(4)17-6-2/h7-9,12,17H,3,5-6,10H2,1-2,4H3. The quantitative estimate of drug-likeness (QED) is 0.743. The maximum atomic E-state index is 13.3. The van der Waals surface area contributed by atoms with Gasteiger partial charge in [-0.25, -0.2) is 4.39 Å². The Bertz CT molecular complexity index is 403. The van der Waals surface area contributed by atoms with Gasteiger partial charge in [0, 0.05) is 17.7 Å². The van der Waals surface area contributed by atoms with Crippen LogP contribution in [0.4, 0.5) is 4.39 Å². The van der Waals surface area contributed by atoms with Crippen LogP contribution >= 0.6 is 0 Å². The van der Waals surface area contributed by atoms with Gasteiger partial charge in [0.15, 0.2) is 0 Å². The van der Waals surface area contributed by atoms with Crippen LogP contribution in [0.2, 0.25) is 0 Å². The van der Waals surface area contributed by atoms with Crippen molar-refractivity contribution in [2.24, 2.45) is 0 Å². The van der Waals surface area contributed by atoms with Gasteiger partial charge in [0.25, 0.3) is 0 Å². The molecule has 0 spiro atoms. The Hall–Kier alpha value is -1.35. The third-order valence-corrected chi connectivity index (χ3v) is 2.88. The molecule has 0 aliphatic carbocycles. The highest BCUT2D eigenvalue weighted by Crippen LogP contribution is 2.26. The summed E-state index contributed by atoms with van der Waals surface area (Å²) in [6, 6.07) is 4.81. The van der Waals surface area contributed by atoms with E-state index in [0.29, 0.717) is 12.4 Å². The average molecular weight is 251 g/mol. The Balaban J connectivity index is 2.85. The van der Waals surface area contributed by atoms with Crippen LogP contribution in [0.15, 0.2) is 30.4 Å². The van der Waals surface area contributed by atoms with Crippen LogP contribution in [-0.2, 0) is 0 Å². The fourth-order valence-electron chi connectivity index (χ4n) is 1.69. The molecule has 0 saturated carbocycles. The van der Waals surface area contributed by atoms with Gasteiger partial charge in [-0.15, -0.1) is 0 Å². The number of ether oxygens (including phenoxy) is 1. The smallest absolute Gasteiger partial charge is 0.127 e. The van der Waals surface area contributed by atoms with Crippen LogP contribution in [-0.4, -0.2) is 13.2 Å². The van der Waals surface area contributed by atoms with E-state index in [9.17, 15) is 4.39 Å². The van der Waals surface area contributed by atoms with E-state index in [-0.39, 0.29) is 11.9 Å². The molecule has 0 radical (unpaired) electrons. The molecule has 0 bridgehead atoms. The predicted molar refractivity (Wildman–Crippen MR) is 73.4 cm³/mol. The van der Waals surface area contributed by atoms with Crippen LogP contribution in [0.5, 0.6) is 5.75 Å². The summed E-state index contributed by atoms with van der Waals surface area (Å²) in [5.74, 6) is 0.317. The molecule has 0 aromatic heterocycles. The van der Waals surface area contributed by atoms with Crippen LogP contribution in [0.25, 0.3) is 0 Å². The minimum Gasteiger partial charge on any atom is -0.489 e. The molecular weight excluding hydrogens is 229 g/mol. The lowest BCUT2D eigenvalue weighted by Gasteiger charge is -2.18. The van der Waals surface area contributed by atoms with Gasteiger partial charge in [0.1, 0.15) is 18.2 Å². The highest BCUT2D eigenvalue weighted by atomic mass is 19.1. The molecule has 2 nitrogen and oxygen atoms in total. The maximum Gasteiger partial charge on any atom is 0.127 e. The van der Waals surface area contributed by atoms with Crippen molar-refractivity contribution >= 4 is 0 Å². The van der Waals surface area contributed by atoms with Gasteiger partial charge in [-0.1, -0.05) is 26.5 Å². The summed E-state index contributed by atoms with van der Waals surface area (Å²) in [6.07, 6.45) is 0.868. The fourth-order valence-corrected chi connectivity index (χ4v) is 1.69. The molecule has 0 amide bonds. The number of halogens is 1. The van der Waals surface area contributed by atoms with Crippen LogP contribution in [0.3, 0.4) is 0 Å². The first-order valence-electron chi connectivity index (χ1n) is 6.40. The Labute approximate surface area is 109 Å². The van der Waals surface area contributed by atoms with Gasteiger partial charge in [-0.2, -0.15) is 0 Å². The Morgan fingerprint density at radius 1 is 1.44 bits per heavy atom. The molecule has 1 N–H and O–H groups in total. The van der Waals surface area contributed by atoms with Gasteiger partial charge in [0.05, 0.1) is 0 Å². The summed E-state index contributed by atoms with van der Waals surface area (Å²) in [5, 5.41) is 3.30. The zero-order valence-electron chi connectivity index (χ0n) is 11.4. The molecule has 0 aliphatic heterocycles. The molecule has 3 heteroatoms. The summed E-state index contributed by atoms with van der Waals surface area (Å²) in [7, 11) is 0. The highest BCUT2D eigenvalue weighted by molar-refractivity contribution is 5.36. The number of benzene rings is 1. The number of rotatable bonds is 7. The second-order valence-corrected chi connectivity index (χ2v) is 4.35. The van der Waals surface area contributed by atoms with E-state index in [1.807, 2.05) is 20.8 Å². The molecule has 0 saturated heterocycles. The number of nitrogens with one attached hydrogen (secondary N) is 1. The molecule has 1 aromatic carbocycles. The zero-order chi connectivity index (χ0) is 13.5. The lowest BCUT2D eigenvalue weighted by atomic mass is 10.1. The first-order chi connectivity index (χ1) is 8.58. The van der Waals surface area contributed by atoms with E-state index in [1.165, 1.54) is 12.1 Å². The molecule has 0 fully saturated rings. The van der Waals surface area contributed by atoms with Crippen molar-refractivity contribution in [3.05, 3.63) is 41.7 Å². The average Bonchev–Trinajstić information content (AvgIpc) is 2.36. The second-order valence-electron chi connectivity index (χ2n) is 4.35. The molecule has 18 heavy (non-hydrogen) atoms. The van der Waals surface area contributed by atoms with Crippen molar-refractivity contribution in [1.29, 1.82) is 0 Å². The fraction of sp³-hybridized carbons (Fsp3) is 0.467. The van der Waals surface area contributed by atoms with Crippen molar-refractivity contribution in [3.63, 3.8) is 0 Å². The zero-order valence-corrected chi connectivity index (χ0v) is 11.4. The third-order valence-electron chi connectivity index (χ3n) is 2.88. The van der Waals surface area contributed by atoms with Gasteiger partial charge in [-0.05, 0) is 31.5 Å². The van der Waals surface area contributed by atoms with E-state index >= 15 is 0 Å². The SMILES string of the molecule is C=C(CC)COc1cc(F)ccc1C(C)NCC. The summed E-state index contributed by atoms with van der Waals surface area (Å²) in [6.45, 7) is 11.3.